The Hall–Kier alpha value is -1.09. The molecule has 13 heavy (non-hydrogen) atoms. The molecule has 1 N–H and O–H groups in total. The van der Waals surface area contributed by atoms with Gasteiger partial charge in [-0.2, -0.15) is 0 Å². The molecule has 0 atom stereocenters. The lowest BCUT2D eigenvalue weighted by molar-refractivity contribution is 0.196. The van der Waals surface area contributed by atoms with E-state index in [4.69, 9.17) is 9.84 Å². The zero-order valence-corrected chi connectivity index (χ0v) is 8.03. The van der Waals surface area contributed by atoms with E-state index in [1.54, 1.807) is 6.20 Å². The fraction of sp³-hybridized carbons (Fsp3) is 0.500. The topological polar surface area (TPSA) is 42.4 Å². The van der Waals surface area contributed by atoms with E-state index in [2.05, 4.69) is 18.8 Å². The van der Waals surface area contributed by atoms with Crippen LogP contribution in [-0.2, 0) is 0 Å². The first kappa shape index (κ1) is 9.99. The zero-order valence-electron chi connectivity index (χ0n) is 8.03. The number of aliphatic hydroxyl groups excluding tert-OH is 1. The van der Waals surface area contributed by atoms with Gasteiger partial charge in [0.05, 0.1) is 6.61 Å². The number of aliphatic hydroxyl groups is 1. The minimum absolute atomic E-state index is 0.0214. The van der Waals surface area contributed by atoms with Gasteiger partial charge in [0.2, 0.25) is 5.88 Å². The van der Waals surface area contributed by atoms with Crippen LogP contribution in [0.5, 0.6) is 5.88 Å². The molecule has 0 saturated carbocycles. The molecule has 1 heterocycles. The molecule has 1 rings (SSSR count). The fourth-order valence-electron chi connectivity index (χ4n) is 1.01. The molecule has 0 saturated heterocycles. The quantitative estimate of drug-likeness (QED) is 0.766. The maximum atomic E-state index is 8.55. The Labute approximate surface area is 78.4 Å². The van der Waals surface area contributed by atoms with Gasteiger partial charge in [0.15, 0.2) is 0 Å². The van der Waals surface area contributed by atoms with Crippen LogP contribution in [0.15, 0.2) is 18.3 Å². The number of ether oxygens (including phenoxy) is 1. The molecule has 0 bridgehead atoms. The van der Waals surface area contributed by atoms with Crippen LogP contribution in [0.25, 0.3) is 0 Å². The highest BCUT2D eigenvalue weighted by molar-refractivity contribution is 5.22. The Morgan fingerprint density at radius 3 is 2.92 bits per heavy atom. The first-order valence-electron chi connectivity index (χ1n) is 4.43. The third kappa shape index (κ3) is 3.03. The van der Waals surface area contributed by atoms with Crippen molar-refractivity contribution in [2.45, 2.75) is 19.8 Å². The van der Waals surface area contributed by atoms with E-state index in [0.717, 1.165) is 0 Å². The molecule has 72 valence electrons. The number of aromatic nitrogens is 1. The molecule has 0 aliphatic heterocycles. The first-order chi connectivity index (χ1) is 6.24. The van der Waals surface area contributed by atoms with E-state index in [1.165, 1.54) is 5.56 Å². The van der Waals surface area contributed by atoms with Gasteiger partial charge in [0.25, 0.3) is 0 Å². The number of rotatable bonds is 4. The Kier molecular flexibility index (Phi) is 3.71. The molecule has 0 amide bonds. The monoisotopic (exact) mass is 181 g/mol. The Balaban J connectivity index is 2.68. The summed E-state index contributed by atoms with van der Waals surface area (Å²) in [5.74, 6) is 1.06. The van der Waals surface area contributed by atoms with E-state index in [9.17, 15) is 0 Å². The van der Waals surface area contributed by atoms with Crippen molar-refractivity contribution in [1.82, 2.24) is 4.98 Å². The molecule has 0 unspecified atom stereocenters. The second-order valence-electron chi connectivity index (χ2n) is 3.15. The van der Waals surface area contributed by atoms with Crippen LogP contribution in [0.2, 0.25) is 0 Å². The SMILES string of the molecule is CC(C)c1ccnc(OCCO)c1. The van der Waals surface area contributed by atoms with Gasteiger partial charge in [0, 0.05) is 12.3 Å². The van der Waals surface area contributed by atoms with Crippen molar-refractivity contribution >= 4 is 0 Å². The van der Waals surface area contributed by atoms with Gasteiger partial charge in [-0.25, -0.2) is 4.98 Å². The predicted molar refractivity (Wildman–Crippen MR) is 50.9 cm³/mol. The maximum Gasteiger partial charge on any atom is 0.213 e. The van der Waals surface area contributed by atoms with Crippen LogP contribution >= 0.6 is 0 Å². The molecule has 0 fully saturated rings. The predicted octanol–water partition coefficient (Wildman–Crippen LogP) is 1.58. The lowest BCUT2D eigenvalue weighted by atomic mass is 10.1. The molecule has 3 heteroatoms. The highest BCUT2D eigenvalue weighted by Gasteiger charge is 2.01. The number of pyridine rings is 1. The summed E-state index contributed by atoms with van der Waals surface area (Å²) in [7, 11) is 0. The molecule has 0 aliphatic rings. The second kappa shape index (κ2) is 4.82. The summed E-state index contributed by atoms with van der Waals surface area (Å²) >= 11 is 0. The van der Waals surface area contributed by atoms with Crippen molar-refractivity contribution in [3.8, 4) is 5.88 Å². The van der Waals surface area contributed by atoms with Crippen molar-refractivity contribution in [2.75, 3.05) is 13.2 Å². The van der Waals surface area contributed by atoms with E-state index < -0.39 is 0 Å². The lowest BCUT2D eigenvalue weighted by Gasteiger charge is -2.07. The van der Waals surface area contributed by atoms with E-state index >= 15 is 0 Å². The number of hydrogen-bond donors (Lipinski definition) is 1. The van der Waals surface area contributed by atoms with Gasteiger partial charge in [-0.05, 0) is 17.5 Å². The van der Waals surface area contributed by atoms with Crippen LogP contribution in [0, 0.1) is 0 Å². The first-order valence-corrected chi connectivity index (χ1v) is 4.43. The third-order valence-corrected chi connectivity index (χ3v) is 1.77. The summed E-state index contributed by atoms with van der Waals surface area (Å²) in [6, 6.07) is 3.87. The Morgan fingerprint density at radius 2 is 2.31 bits per heavy atom. The molecule has 0 aliphatic carbocycles. The molecule has 0 aromatic carbocycles. The van der Waals surface area contributed by atoms with Crippen molar-refractivity contribution in [2.24, 2.45) is 0 Å². The van der Waals surface area contributed by atoms with Crippen molar-refractivity contribution in [3.05, 3.63) is 23.9 Å². The largest absolute Gasteiger partial charge is 0.475 e. The highest BCUT2D eigenvalue weighted by Crippen LogP contribution is 2.17. The van der Waals surface area contributed by atoms with Crippen LogP contribution in [0.1, 0.15) is 25.3 Å². The van der Waals surface area contributed by atoms with Gasteiger partial charge < -0.3 is 9.84 Å². The lowest BCUT2D eigenvalue weighted by Crippen LogP contribution is -2.03. The Morgan fingerprint density at radius 1 is 1.54 bits per heavy atom. The van der Waals surface area contributed by atoms with Gasteiger partial charge >= 0.3 is 0 Å². The normalized spacial score (nSPS) is 10.5. The summed E-state index contributed by atoms with van der Waals surface area (Å²) in [6.45, 7) is 4.55. The molecule has 0 spiro atoms. The second-order valence-corrected chi connectivity index (χ2v) is 3.15. The average Bonchev–Trinajstić information content (AvgIpc) is 2.15. The fourth-order valence-corrected chi connectivity index (χ4v) is 1.01. The molecular formula is C10H15NO2. The maximum absolute atomic E-state index is 8.55. The summed E-state index contributed by atoms with van der Waals surface area (Å²) < 4.78 is 5.18. The molecule has 1 aromatic rings. The van der Waals surface area contributed by atoms with Crippen LogP contribution < -0.4 is 4.74 Å². The average molecular weight is 181 g/mol. The molecule has 1 aromatic heterocycles. The summed E-state index contributed by atoms with van der Waals surface area (Å²) in [4.78, 5) is 4.03. The van der Waals surface area contributed by atoms with Gasteiger partial charge in [-0.1, -0.05) is 13.8 Å². The summed E-state index contributed by atoms with van der Waals surface area (Å²) in [5.41, 5.74) is 1.20. The van der Waals surface area contributed by atoms with Gasteiger partial charge in [-0.3, -0.25) is 0 Å². The van der Waals surface area contributed by atoms with Crippen molar-refractivity contribution in [3.63, 3.8) is 0 Å². The van der Waals surface area contributed by atoms with Gasteiger partial charge in [-0.15, -0.1) is 0 Å². The van der Waals surface area contributed by atoms with Crippen LogP contribution in [-0.4, -0.2) is 23.3 Å². The Bertz CT molecular complexity index is 261. The minimum Gasteiger partial charge on any atom is -0.475 e. The number of hydrogen-bond acceptors (Lipinski definition) is 3. The van der Waals surface area contributed by atoms with Crippen molar-refractivity contribution < 1.29 is 9.84 Å². The van der Waals surface area contributed by atoms with E-state index in [-0.39, 0.29) is 6.61 Å². The van der Waals surface area contributed by atoms with Crippen LogP contribution in [0.3, 0.4) is 0 Å². The highest BCUT2D eigenvalue weighted by atomic mass is 16.5. The van der Waals surface area contributed by atoms with E-state index in [0.29, 0.717) is 18.4 Å². The van der Waals surface area contributed by atoms with E-state index in [1.807, 2.05) is 12.1 Å². The smallest absolute Gasteiger partial charge is 0.213 e. The molecular weight excluding hydrogens is 166 g/mol. The molecule has 3 nitrogen and oxygen atoms in total. The van der Waals surface area contributed by atoms with Gasteiger partial charge in [0.1, 0.15) is 6.61 Å². The zero-order chi connectivity index (χ0) is 9.68. The molecule has 0 radical (unpaired) electrons. The standard InChI is InChI=1S/C10H15NO2/c1-8(2)9-3-4-11-10(7-9)13-6-5-12/h3-4,7-8,12H,5-6H2,1-2H3. The number of nitrogens with zero attached hydrogens (tertiary/aromatic N) is 1. The van der Waals surface area contributed by atoms with Crippen LogP contribution in [0.4, 0.5) is 0 Å². The minimum atomic E-state index is 0.0214. The van der Waals surface area contributed by atoms with Crippen molar-refractivity contribution in [1.29, 1.82) is 0 Å². The third-order valence-electron chi connectivity index (χ3n) is 1.77. The summed E-state index contributed by atoms with van der Waals surface area (Å²) in [5, 5.41) is 8.55. The summed E-state index contributed by atoms with van der Waals surface area (Å²) in [6.07, 6.45) is 1.72.